The van der Waals surface area contributed by atoms with Gasteiger partial charge in [0.05, 0.1) is 0 Å². The maximum atomic E-state index is 8.63. The van der Waals surface area contributed by atoms with E-state index in [1.807, 2.05) is 30.3 Å². The summed E-state index contributed by atoms with van der Waals surface area (Å²) >= 11 is 5.96. The molecule has 1 atom stereocenters. The molecule has 0 saturated heterocycles. The molecular formula is C10H13ClO. The normalized spacial score (nSPS) is 12.8. The SMILES string of the molecule is OCCC(Cl)Cc1ccccc1. The van der Waals surface area contributed by atoms with Gasteiger partial charge in [-0.05, 0) is 18.4 Å². The maximum Gasteiger partial charge on any atom is 0.0445 e. The van der Waals surface area contributed by atoms with E-state index in [4.69, 9.17) is 16.7 Å². The van der Waals surface area contributed by atoms with Crippen LogP contribution in [0.2, 0.25) is 0 Å². The van der Waals surface area contributed by atoms with Gasteiger partial charge in [-0.2, -0.15) is 0 Å². The fourth-order valence-electron chi connectivity index (χ4n) is 1.11. The second-order valence-corrected chi connectivity index (χ2v) is 3.42. The van der Waals surface area contributed by atoms with Gasteiger partial charge < -0.3 is 5.11 Å². The zero-order valence-corrected chi connectivity index (χ0v) is 7.67. The van der Waals surface area contributed by atoms with E-state index in [0.29, 0.717) is 6.42 Å². The minimum Gasteiger partial charge on any atom is -0.396 e. The van der Waals surface area contributed by atoms with Crippen LogP contribution >= 0.6 is 11.6 Å². The summed E-state index contributed by atoms with van der Waals surface area (Å²) < 4.78 is 0. The third-order valence-electron chi connectivity index (χ3n) is 1.74. The average Bonchev–Trinajstić information content (AvgIpc) is 2.06. The highest BCUT2D eigenvalue weighted by Gasteiger charge is 2.03. The molecule has 0 bridgehead atoms. The first-order valence-corrected chi connectivity index (χ1v) is 4.55. The lowest BCUT2D eigenvalue weighted by Crippen LogP contribution is -2.05. The topological polar surface area (TPSA) is 20.2 Å². The van der Waals surface area contributed by atoms with Crippen LogP contribution in [0.4, 0.5) is 0 Å². The van der Waals surface area contributed by atoms with Crippen LogP contribution in [0.25, 0.3) is 0 Å². The largest absolute Gasteiger partial charge is 0.396 e. The van der Waals surface area contributed by atoms with E-state index >= 15 is 0 Å². The molecule has 66 valence electrons. The van der Waals surface area contributed by atoms with E-state index in [1.54, 1.807) is 0 Å². The van der Waals surface area contributed by atoms with Crippen molar-refractivity contribution in [1.82, 2.24) is 0 Å². The summed E-state index contributed by atoms with van der Waals surface area (Å²) in [6.45, 7) is 0.168. The molecule has 1 aromatic carbocycles. The Morgan fingerprint density at radius 3 is 2.50 bits per heavy atom. The van der Waals surface area contributed by atoms with E-state index in [1.165, 1.54) is 5.56 Å². The molecule has 0 heterocycles. The van der Waals surface area contributed by atoms with Crippen molar-refractivity contribution in [2.75, 3.05) is 6.61 Å². The predicted molar refractivity (Wildman–Crippen MR) is 51.5 cm³/mol. The molecule has 2 heteroatoms. The van der Waals surface area contributed by atoms with E-state index in [-0.39, 0.29) is 12.0 Å². The Bertz CT molecular complexity index is 210. The van der Waals surface area contributed by atoms with Crippen molar-refractivity contribution < 1.29 is 5.11 Å². The van der Waals surface area contributed by atoms with E-state index < -0.39 is 0 Å². The number of halogens is 1. The minimum absolute atomic E-state index is 0.0531. The summed E-state index contributed by atoms with van der Waals surface area (Å²) in [7, 11) is 0. The van der Waals surface area contributed by atoms with Gasteiger partial charge in [0.25, 0.3) is 0 Å². The number of alkyl halides is 1. The summed E-state index contributed by atoms with van der Waals surface area (Å²) in [4.78, 5) is 0. The second-order valence-electron chi connectivity index (χ2n) is 2.80. The van der Waals surface area contributed by atoms with Crippen LogP contribution in [0.3, 0.4) is 0 Å². The first kappa shape index (κ1) is 9.56. The molecule has 1 N–H and O–H groups in total. The summed E-state index contributed by atoms with van der Waals surface area (Å²) in [6.07, 6.45) is 1.50. The Labute approximate surface area is 78.0 Å². The molecule has 0 aliphatic heterocycles. The van der Waals surface area contributed by atoms with Crippen LogP contribution in [0.15, 0.2) is 30.3 Å². The highest BCUT2D eigenvalue weighted by Crippen LogP contribution is 2.10. The van der Waals surface area contributed by atoms with Gasteiger partial charge in [-0.25, -0.2) is 0 Å². The van der Waals surface area contributed by atoms with Gasteiger partial charge in [0.2, 0.25) is 0 Å². The van der Waals surface area contributed by atoms with Gasteiger partial charge in [-0.15, -0.1) is 11.6 Å². The van der Waals surface area contributed by atoms with E-state index in [2.05, 4.69) is 0 Å². The maximum absolute atomic E-state index is 8.63. The van der Waals surface area contributed by atoms with Gasteiger partial charge in [-0.3, -0.25) is 0 Å². The average molecular weight is 185 g/mol. The smallest absolute Gasteiger partial charge is 0.0445 e. The third kappa shape index (κ3) is 3.24. The molecule has 0 amide bonds. The lowest BCUT2D eigenvalue weighted by Gasteiger charge is -2.06. The van der Waals surface area contributed by atoms with Crippen molar-refractivity contribution in [3.05, 3.63) is 35.9 Å². The molecule has 0 spiro atoms. The molecule has 12 heavy (non-hydrogen) atoms. The first-order valence-electron chi connectivity index (χ1n) is 4.12. The van der Waals surface area contributed by atoms with Gasteiger partial charge in [-0.1, -0.05) is 30.3 Å². The van der Waals surface area contributed by atoms with Crippen molar-refractivity contribution in [1.29, 1.82) is 0 Å². The van der Waals surface area contributed by atoms with Gasteiger partial charge >= 0.3 is 0 Å². The van der Waals surface area contributed by atoms with E-state index in [9.17, 15) is 0 Å². The molecule has 0 aliphatic carbocycles. The summed E-state index contributed by atoms with van der Waals surface area (Å²) in [5.41, 5.74) is 1.23. The van der Waals surface area contributed by atoms with Crippen LogP contribution in [0.1, 0.15) is 12.0 Å². The molecule has 0 aromatic heterocycles. The molecule has 0 aliphatic rings. The van der Waals surface area contributed by atoms with Crippen LogP contribution in [-0.4, -0.2) is 17.1 Å². The fourth-order valence-corrected chi connectivity index (χ4v) is 1.39. The molecule has 1 unspecified atom stereocenters. The number of rotatable bonds is 4. The Kier molecular flexibility index (Phi) is 4.12. The van der Waals surface area contributed by atoms with Crippen LogP contribution < -0.4 is 0 Å². The van der Waals surface area contributed by atoms with Crippen molar-refractivity contribution in [3.63, 3.8) is 0 Å². The Balaban J connectivity index is 2.41. The van der Waals surface area contributed by atoms with Gasteiger partial charge in [0, 0.05) is 12.0 Å². The van der Waals surface area contributed by atoms with Crippen molar-refractivity contribution in [2.45, 2.75) is 18.2 Å². The molecule has 1 nitrogen and oxygen atoms in total. The molecule has 0 fully saturated rings. The Morgan fingerprint density at radius 1 is 1.25 bits per heavy atom. The Hall–Kier alpha value is -0.530. The summed E-state index contributed by atoms with van der Waals surface area (Å²) in [6, 6.07) is 10.1. The second kappa shape index (κ2) is 5.18. The van der Waals surface area contributed by atoms with Gasteiger partial charge in [0.15, 0.2) is 0 Å². The monoisotopic (exact) mass is 184 g/mol. The van der Waals surface area contributed by atoms with Crippen molar-refractivity contribution in [3.8, 4) is 0 Å². The number of benzene rings is 1. The number of hydrogen-bond acceptors (Lipinski definition) is 1. The van der Waals surface area contributed by atoms with Crippen molar-refractivity contribution >= 4 is 11.6 Å². The minimum atomic E-state index is 0.0531. The van der Waals surface area contributed by atoms with Crippen LogP contribution in [0.5, 0.6) is 0 Å². The van der Waals surface area contributed by atoms with Crippen LogP contribution in [0, 0.1) is 0 Å². The van der Waals surface area contributed by atoms with Crippen molar-refractivity contribution in [2.24, 2.45) is 0 Å². The summed E-state index contributed by atoms with van der Waals surface area (Å²) in [5, 5.41) is 8.68. The lowest BCUT2D eigenvalue weighted by molar-refractivity contribution is 0.286. The van der Waals surface area contributed by atoms with Gasteiger partial charge in [0.1, 0.15) is 0 Å². The molecule has 0 saturated carbocycles. The molecule has 1 aromatic rings. The highest BCUT2D eigenvalue weighted by atomic mass is 35.5. The zero-order valence-electron chi connectivity index (χ0n) is 6.91. The third-order valence-corrected chi connectivity index (χ3v) is 2.11. The molecule has 1 rings (SSSR count). The predicted octanol–water partition coefficient (Wildman–Crippen LogP) is 2.22. The standard InChI is InChI=1S/C10H13ClO/c11-10(6-7-12)8-9-4-2-1-3-5-9/h1-5,10,12H,6-8H2. The lowest BCUT2D eigenvalue weighted by atomic mass is 10.1. The summed E-state index contributed by atoms with van der Waals surface area (Å²) in [5.74, 6) is 0. The molecule has 0 radical (unpaired) electrons. The number of aliphatic hydroxyl groups excluding tert-OH is 1. The Morgan fingerprint density at radius 2 is 1.92 bits per heavy atom. The first-order chi connectivity index (χ1) is 5.83. The zero-order chi connectivity index (χ0) is 8.81. The van der Waals surface area contributed by atoms with E-state index in [0.717, 1.165) is 6.42 Å². The van der Waals surface area contributed by atoms with Crippen LogP contribution in [-0.2, 0) is 6.42 Å². The quantitative estimate of drug-likeness (QED) is 0.712. The fraction of sp³-hybridized carbons (Fsp3) is 0.400. The molecular weight excluding hydrogens is 172 g/mol. The highest BCUT2D eigenvalue weighted by molar-refractivity contribution is 6.20. The number of aliphatic hydroxyl groups is 1. The number of hydrogen-bond donors (Lipinski definition) is 1.